The molecule has 2 aromatic rings. The molecule has 0 fully saturated rings. The highest BCUT2D eigenvalue weighted by Crippen LogP contribution is 2.14. The van der Waals surface area contributed by atoms with Gasteiger partial charge in [0.15, 0.2) is 0 Å². The van der Waals surface area contributed by atoms with E-state index in [-0.39, 0.29) is 12.4 Å². The number of aromatic nitrogens is 1. The van der Waals surface area contributed by atoms with E-state index in [2.05, 4.69) is 29.4 Å². The molecule has 0 saturated heterocycles. The van der Waals surface area contributed by atoms with E-state index in [1.54, 1.807) is 0 Å². The maximum absolute atomic E-state index is 4.26. The van der Waals surface area contributed by atoms with Gasteiger partial charge in [0.2, 0.25) is 0 Å². The normalized spacial score (nSPS) is 9.81. The van der Waals surface area contributed by atoms with Crippen LogP contribution in [-0.2, 0) is 13.1 Å². The van der Waals surface area contributed by atoms with Crippen molar-refractivity contribution in [1.29, 1.82) is 0 Å². The van der Waals surface area contributed by atoms with Crippen molar-refractivity contribution in [3.8, 4) is 0 Å². The van der Waals surface area contributed by atoms with Crippen LogP contribution in [0.1, 0.15) is 15.4 Å². The van der Waals surface area contributed by atoms with E-state index in [1.807, 2.05) is 35.7 Å². The first-order valence-electron chi connectivity index (χ1n) is 5.00. The quantitative estimate of drug-likeness (QED) is 0.907. The first-order valence-corrected chi connectivity index (χ1v) is 5.82. The van der Waals surface area contributed by atoms with Crippen LogP contribution in [0.5, 0.6) is 0 Å². The summed E-state index contributed by atoms with van der Waals surface area (Å²) in [7, 11) is 0. The molecule has 2 rings (SSSR count). The summed E-state index contributed by atoms with van der Waals surface area (Å²) in [5, 5.41) is 3.38. The van der Waals surface area contributed by atoms with Crippen molar-refractivity contribution in [3.05, 3.63) is 52.0 Å². The Hall–Kier alpha value is -0.900. The van der Waals surface area contributed by atoms with E-state index < -0.39 is 0 Å². The summed E-state index contributed by atoms with van der Waals surface area (Å²) < 4.78 is 0. The first kappa shape index (κ1) is 13.2. The van der Waals surface area contributed by atoms with Crippen molar-refractivity contribution >= 4 is 23.7 Å². The third-order valence-corrected chi connectivity index (χ3v) is 3.13. The maximum atomic E-state index is 4.26. The summed E-state index contributed by atoms with van der Waals surface area (Å²) in [5.41, 5.74) is 1.09. The van der Waals surface area contributed by atoms with Crippen LogP contribution in [0.4, 0.5) is 0 Å². The molecule has 0 bridgehead atoms. The van der Waals surface area contributed by atoms with Gasteiger partial charge < -0.3 is 5.32 Å². The van der Waals surface area contributed by atoms with Crippen LogP contribution < -0.4 is 5.32 Å². The lowest BCUT2D eigenvalue weighted by molar-refractivity contribution is 0.686. The number of hydrogen-bond donors (Lipinski definition) is 1. The summed E-state index contributed by atoms with van der Waals surface area (Å²) in [6.45, 7) is 3.89. The predicted octanol–water partition coefficient (Wildman–Crippen LogP) is 3.16. The summed E-state index contributed by atoms with van der Waals surface area (Å²) in [6, 6.07) is 10.3. The minimum absolute atomic E-state index is 0. The molecule has 0 spiro atoms. The zero-order chi connectivity index (χ0) is 10.5. The van der Waals surface area contributed by atoms with E-state index in [0.717, 1.165) is 18.8 Å². The molecule has 86 valence electrons. The monoisotopic (exact) mass is 254 g/mol. The number of thiophene rings is 1. The standard InChI is InChI=1S/C12H14N2S.ClH/c1-10-5-6-12(15-10)9-13-8-11-4-2-3-7-14-11;/h2-7,13H,8-9H2,1H3;1H. The number of pyridine rings is 1. The van der Waals surface area contributed by atoms with Gasteiger partial charge in [-0.25, -0.2) is 0 Å². The minimum atomic E-state index is 0. The van der Waals surface area contributed by atoms with Crippen LogP contribution in [0.2, 0.25) is 0 Å². The van der Waals surface area contributed by atoms with Gasteiger partial charge in [0.1, 0.15) is 0 Å². The molecule has 0 aliphatic carbocycles. The van der Waals surface area contributed by atoms with Gasteiger partial charge >= 0.3 is 0 Å². The number of aryl methyl sites for hydroxylation is 1. The lowest BCUT2D eigenvalue weighted by Gasteiger charge is -2.01. The van der Waals surface area contributed by atoms with Gasteiger partial charge in [0.25, 0.3) is 0 Å². The summed E-state index contributed by atoms with van der Waals surface area (Å²) >= 11 is 1.84. The van der Waals surface area contributed by atoms with Gasteiger partial charge in [-0.1, -0.05) is 6.07 Å². The number of rotatable bonds is 4. The Bertz CT molecular complexity index is 414. The first-order chi connectivity index (χ1) is 7.34. The summed E-state index contributed by atoms with van der Waals surface area (Å²) in [6.07, 6.45) is 1.83. The smallest absolute Gasteiger partial charge is 0.0541 e. The lowest BCUT2D eigenvalue weighted by Crippen LogP contribution is -2.12. The van der Waals surface area contributed by atoms with Crippen molar-refractivity contribution in [2.24, 2.45) is 0 Å². The van der Waals surface area contributed by atoms with Crippen LogP contribution in [0, 0.1) is 6.92 Å². The highest BCUT2D eigenvalue weighted by molar-refractivity contribution is 7.11. The van der Waals surface area contributed by atoms with Gasteiger partial charge in [0.05, 0.1) is 5.69 Å². The molecule has 2 heterocycles. The van der Waals surface area contributed by atoms with E-state index in [4.69, 9.17) is 0 Å². The van der Waals surface area contributed by atoms with Gasteiger partial charge in [-0.15, -0.1) is 23.7 Å². The number of hydrogen-bond acceptors (Lipinski definition) is 3. The molecule has 0 aliphatic rings. The predicted molar refractivity (Wildman–Crippen MR) is 71.1 cm³/mol. The molecular formula is C12H15ClN2S. The van der Waals surface area contributed by atoms with E-state index in [9.17, 15) is 0 Å². The summed E-state index contributed by atoms with van der Waals surface area (Å²) in [5.74, 6) is 0. The third kappa shape index (κ3) is 3.93. The van der Waals surface area contributed by atoms with Crippen molar-refractivity contribution in [2.75, 3.05) is 0 Å². The molecule has 0 unspecified atom stereocenters. The van der Waals surface area contributed by atoms with Crippen molar-refractivity contribution < 1.29 is 0 Å². The lowest BCUT2D eigenvalue weighted by atomic mass is 10.3. The Balaban J connectivity index is 0.00000128. The van der Waals surface area contributed by atoms with E-state index in [1.165, 1.54) is 9.75 Å². The van der Waals surface area contributed by atoms with Crippen LogP contribution in [0.3, 0.4) is 0 Å². The van der Waals surface area contributed by atoms with E-state index >= 15 is 0 Å². The molecule has 0 radical (unpaired) electrons. The molecule has 0 aromatic carbocycles. The van der Waals surface area contributed by atoms with Crippen molar-refractivity contribution in [2.45, 2.75) is 20.0 Å². The summed E-state index contributed by atoms with van der Waals surface area (Å²) in [4.78, 5) is 7.00. The number of halogens is 1. The van der Waals surface area contributed by atoms with Crippen LogP contribution in [0.25, 0.3) is 0 Å². The van der Waals surface area contributed by atoms with Gasteiger partial charge in [-0.3, -0.25) is 4.98 Å². The molecule has 4 heteroatoms. The molecule has 0 saturated carbocycles. The average molecular weight is 255 g/mol. The second-order valence-corrected chi connectivity index (χ2v) is 4.81. The second kappa shape index (κ2) is 6.63. The molecule has 2 aromatic heterocycles. The zero-order valence-corrected chi connectivity index (χ0v) is 10.8. The highest BCUT2D eigenvalue weighted by atomic mass is 35.5. The largest absolute Gasteiger partial charge is 0.306 e. The molecular weight excluding hydrogens is 240 g/mol. The van der Waals surface area contributed by atoms with Gasteiger partial charge in [-0.05, 0) is 31.2 Å². The maximum Gasteiger partial charge on any atom is 0.0541 e. The van der Waals surface area contributed by atoms with E-state index in [0.29, 0.717) is 0 Å². The zero-order valence-electron chi connectivity index (χ0n) is 9.14. The fraction of sp³-hybridized carbons (Fsp3) is 0.250. The topological polar surface area (TPSA) is 24.9 Å². The van der Waals surface area contributed by atoms with Crippen LogP contribution in [0.15, 0.2) is 36.5 Å². The minimum Gasteiger partial charge on any atom is -0.306 e. The average Bonchev–Trinajstić information content (AvgIpc) is 2.66. The third-order valence-electron chi connectivity index (χ3n) is 2.13. The van der Waals surface area contributed by atoms with Crippen LogP contribution in [-0.4, -0.2) is 4.98 Å². The van der Waals surface area contributed by atoms with Gasteiger partial charge in [0, 0.05) is 29.0 Å². The SMILES string of the molecule is Cc1ccc(CNCc2ccccn2)s1.Cl. The Labute approximate surface area is 106 Å². The molecule has 2 nitrogen and oxygen atoms in total. The molecule has 16 heavy (non-hydrogen) atoms. The Kier molecular flexibility index (Phi) is 5.46. The molecule has 1 N–H and O–H groups in total. The Morgan fingerprint density at radius 3 is 2.69 bits per heavy atom. The van der Waals surface area contributed by atoms with Crippen molar-refractivity contribution in [1.82, 2.24) is 10.3 Å². The molecule has 0 atom stereocenters. The molecule has 0 amide bonds. The van der Waals surface area contributed by atoms with Crippen molar-refractivity contribution in [3.63, 3.8) is 0 Å². The Morgan fingerprint density at radius 2 is 2.06 bits per heavy atom. The molecule has 0 aliphatic heterocycles. The Morgan fingerprint density at radius 1 is 1.19 bits per heavy atom. The fourth-order valence-electron chi connectivity index (χ4n) is 1.40. The second-order valence-electron chi connectivity index (χ2n) is 3.44. The number of nitrogens with one attached hydrogen (secondary N) is 1. The van der Waals surface area contributed by atoms with Gasteiger partial charge in [-0.2, -0.15) is 0 Å². The van der Waals surface area contributed by atoms with Crippen LogP contribution >= 0.6 is 23.7 Å². The number of nitrogens with zero attached hydrogens (tertiary/aromatic N) is 1. The highest BCUT2D eigenvalue weighted by Gasteiger charge is 1.96. The fourth-order valence-corrected chi connectivity index (χ4v) is 2.26.